The smallest absolute Gasteiger partial charge is 0.394 e. The summed E-state index contributed by atoms with van der Waals surface area (Å²) in [6, 6.07) is -2.36. The number of carbonyl (C=O) groups excluding carboxylic acids is 2. The predicted octanol–water partition coefficient (Wildman–Crippen LogP) is -3.61. The molecule has 13 nitrogen and oxygen atoms in total. The fraction of sp³-hybridized carbons (Fsp3) is 0.750. The van der Waals surface area contributed by atoms with Crippen molar-refractivity contribution >= 4 is 26.8 Å². The first-order valence-electron chi connectivity index (χ1n) is 5.79. The van der Waals surface area contributed by atoms with Crippen LogP contribution in [-0.2, 0) is 23.0 Å². The van der Waals surface area contributed by atoms with Gasteiger partial charge in [-0.05, 0) is 0 Å². The molecule has 136 valence electrons. The van der Waals surface area contributed by atoms with Gasteiger partial charge in [-0.15, -0.1) is 0 Å². The minimum Gasteiger partial charge on any atom is -0.394 e. The van der Waals surface area contributed by atoms with Crippen LogP contribution in [0.5, 0.6) is 0 Å². The number of rotatable bonds is 9. The SMILES string of the molecule is CC(=O)N[C@@H](C(=O)P(=O)(O)OP(=O)(O)O)[C@@H](O)[C@@H](O)[C@H](O)CO. The van der Waals surface area contributed by atoms with E-state index in [0.29, 0.717) is 0 Å². The molecule has 0 saturated carbocycles. The summed E-state index contributed by atoms with van der Waals surface area (Å²) in [6.07, 6.45) is -6.61. The quantitative estimate of drug-likeness (QED) is 0.181. The van der Waals surface area contributed by atoms with E-state index in [1.165, 1.54) is 0 Å². The third kappa shape index (κ3) is 7.14. The maximum Gasteiger partial charge on any atom is 0.477 e. The van der Waals surface area contributed by atoms with Crippen LogP contribution in [0.1, 0.15) is 6.92 Å². The molecular formula is C8H17NO12P2. The minimum absolute atomic E-state index is 0.827. The van der Waals surface area contributed by atoms with Gasteiger partial charge in [0.2, 0.25) is 5.91 Å². The Morgan fingerprint density at radius 1 is 1.09 bits per heavy atom. The number of hydrogen-bond acceptors (Lipinski definition) is 9. The Kier molecular flexibility index (Phi) is 8.14. The fourth-order valence-electron chi connectivity index (χ4n) is 1.41. The van der Waals surface area contributed by atoms with Crippen molar-refractivity contribution < 1.29 is 58.1 Å². The fourth-order valence-corrected chi connectivity index (χ4v) is 3.45. The van der Waals surface area contributed by atoms with E-state index in [1.807, 2.05) is 0 Å². The number of nitrogens with one attached hydrogen (secondary N) is 1. The summed E-state index contributed by atoms with van der Waals surface area (Å²) in [6.45, 7) is -0.233. The van der Waals surface area contributed by atoms with Crippen molar-refractivity contribution in [1.29, 1.82) is 0 Å². The molecule has 23 heavy (non-hydrogen) atoms. The van der Waals surface area contributed by atoms with Crippen molar-refractivity contribution in [3.63, 3.8) is 0 Å². The van der Waals surface area contributed by atoms with Crippen molar-refractivity contribution in [2.75, 3.05) is 6.61 Å². The Bertz CT molecular complexity index is 531. The molecule has 0 radical (unpaired) electrons. The molecule has 0 aromatic heterocycles. The highest BCUT2D eigenvalue weighted by Crippen LogP contribution is 2.58. The Labute approximate surface area is 129 Å². The molecule has 0 aliphatic rings. The normalized spacial score (nSPS) is 20.0. The van der Waals surface area contributed by atoms with Crippen LogP contribution in [-0.4, -0.2) is 77.5 Å². The molecule has 0 fully saturated rings. The first-order valence-corrected chi connectivity index (χ1v) is 8.90. The third-order valence-corrected chi connectivity index (χ3v) is 4.96. The van der Waals surface area contributed by atoms with Gasteiger partial charge in [0.1, 0.15) is 24.4 Å². The van der Waals surface area contributed by atoms with Gasteiger partial charge < -0.3 is 40.4 Å². The lowest BCUT2D eigenvalue weighted by atomic mass is 10.0. The monoisotopic (exact) mass is 381 g/mol. The summed E-state index contributed by atoms with van der Waals surface area (Å²) in [7, 11) is -11.3. The molecule has 0 aromatic carbocycles. The average molecular weight is 381 g/mol. The minimum atomic E-state index is -5.68. The average Bonchev–Trinajstić information content (AvgIpc) is 2.38. The molecule has 1 amide bonds. The van der Waals surface area contributed by atoms with Gasteiger partial charge in [-0.3, -0.25) is 14.2 Å². The number of amides is 1. The van der Waals surface area contributed by atoms with Crippen LogP contribution >= 0.6 is 15.4 Å². The standard InChI is InChI=1S/C8H17NO12P2/c1-3(11)9-5(7(14)6(13)4(12)2-10)8(15)22(16,17)21-23(18,19)20/h4-7,10,12-14H,2H2,1H3,(H,9,11)(H,16,17)(H2,18,19,20)/t4-,5-,6+,7-/m1/s1. The van der Waals surface area contributed by atoms with Gasteiger partial charge in [0, 0.05) is 6.92 Å². The molecule has 0 spiro atoms. The van der Waals surface area contributed by atoms with Crippen LogP contribution in [0.3, 0.4) is 0 Å². The second-order valence-corrected chi connectivity index (χ2v) is 7.46. The zero-order valence-electron chi connectivity index (χ0n) is 11.6. The maximum atomic E-state index is 11.8. The second-order valence-electron chi connectivity index (χ2n) is 4.34. The van der Waals surface area contributed by atoms with E-state index in [4.69, 9.17) is 14.9 Å². The van der Waals surface area contributed by atoms with Crippen LogP contribution in [0.15, 0.2) is 0 Å². The van der Waals surface area contributed by atoms with Gasteiger partial charge in [0.25, 0.3) is 5.52 Å². The van der Waals surface area contributed by atoms with Gasteiger partial charge in [-0.1, -0.05) is 0 Å². The van der Waals surface area contributed by atoms with Crippen molar-refractivity contribution in [1.82, 2.24) is 5.32 Å². The Hall–Kier alpha value is -0.720. The highest BCUT2D eigenvalue weighted by atomic mass is 31.3. The van der Waals surface area contributed by atoms with Crippen LogP contribution in [0, 0.1) is 0 Å². The van der Waals surface area contributed by atoms with E-state index in [2.05, 4.69) is 4.31 Å². The molecule has 0 bridgehead atoms. The number of aliphatic hydroxyl groups is 4. The zero-order chi connectivity index (χ0) is 18.6. The highest BCUT2D eigenvalue weighted by molar-refractivity contribution is 7.76. The number of aliphatic hydroxyl groups excluding tert-OH is 4. The zero-order valence-corrected chi connectivity index (χ0v) is 13.4. The molecule has 15 heteroatoms. The third-order valence-electron chi connectivity index (χ3n) is 2.39. The van der Waals surface area contributed by atoms with Crippen molar-refractivity contribution in [2.24, 2.45) is 0 Å². The molecule has 0 aliphatic carbocycles. The molecule has 0 rings (SSSR count). The number of carbonyl (C=O) groups is 2. The number of phosphoric acid groups is 1. The molecular weight excluding hydrogens is 364 g/mol. The van der Waals surface area contributed by atoms with Gasteiger partial charge in [0.15, 0.2) is 0 Å². The molecule has 8 N–H and O–H groups in total. The van der Waals surface area contributed by atoms with E-state index in [-0.39, 0.29) is 0 Å². The summed E-state index contributed by atoms with van der Waals surface area (Å²) in [5, 5.41) is 38.7. The molecule has 0 saturated heterocycles. The van der Waals surface area contributed by atoms with E-state index >= 15 is 0 Å². The van der Waals surface area contributed by atoms with E-state index in [9.17, 15) is 38.9 Å². The van der Waals surface area contributed by atoms with E-state index in [1.54, 1.807) is 5.32 Å². The lowest BCUT2D eigenvalue weighted by Gasteiger charge is -2.29. The van der Waals surface area contributed by atoms with E-state index in [0.717, 1.165) is 6.92 Å². The Morgan fingerprint density at radius 3 is 1.91 bits per heavy atom. The molecule has 0 aliphatic heterocycles. The van der Waals surface area contributed by atoms with Gasteiger partial charge in [-0.25, -0.2) is 8.88 Å². The summed E-state index contributed by atoms with van der Waals surface area (Å²) < 4.78 is 25.6. The van der Waals surface area contributed by atoms with Crippen LogP contribution in [0.25, 0.3) is 0 Å². The molecule has 0 aromatic rings. The summed E-state index contributed by atoms with van der Waals surface area (Å²) >= 11 is 0. The summed E-state index contributed by atoms with van der Waals surface area (Å²) in [4.78, 5) is 49.0. The van der Waals surface area contributed by atoms with E-state index < -0.39 is 57.8 Å². The first-order chi connectivity index (χ1) is 10.2. The van der Waals surface area contributed by atoms with Gasteiger partial charge in [0.05, 0.1) is 6.61 Å². The predicted molar refractivity (Wildman–Crippen MR) is 70.7 cm³/mol. The van der Waals surface area contributed by atoms with Crippen molar-refractivity contribution in [2.45, 2.75) is 31.3 Å². The van der Waals surface area contributed by atoms with Crippen molar-refractivity contribution in [3.8, 4) is 0 Å². The topological polar surface area (TPSA) is 231 Å². The van der Waals surface area contributed by atoms with Crippen LogP contribution in [0.2, 0.25) is 0 Å². The first kappa shape index (κ1) is 22.3. The van der Waals surface area contributed by atoms with Crippen LogP contribution < -0.4 is 5.32 Å². The van der Waals surface area contributed by atoms with Gasteiger partial charge in [-0.2, -0.15) is 0 Å². The second kappa shape index (κ2) is 8.40. The number of hydrogen-bond donors (Lipinski definition) is 8. The molecule has 1 unspecified atom stereocenters. The maximum absolute atomic E-state index is 11.8. The van der Waals surface area contributed by atoms with Gasteiger partial charge >= 0.3 is 15.4 Å². The Balaban J connectivity index is 5.55. The van der Waals surface area contributed by atoms with Crippen molar-refractivity contribution in [3.05, 3.63) is 0 Å². The summed E-state index contributed by atoms with van der Waals surface area (Å²) in [5.41, 5.74) is -2.05. The molecule has 5 atom stereocenters. The lowest BCUT2D eigenvalue weighted by molar-refractivity contribution is -0.132. The summed E-state index contributed by atoms with van der Waals surface area (Å²) in [5.74, 6) is -1.02. The largest absolute Gasteiger partial charge is 0.477 e. The lowest BCUT2D eigenvalue weighted by Crippen LogP contribution is -2.55. The highest BCUT2D eigenvalue weighted by Gasteiger charge is 2.47. The molecule has 0 heterocycles. The van der Waals surface area contributed by atoms with Crippen LogP contribution in [0.4, 0.5) is 0 Å². The Morgan fingerprint density at radius 2 is 1.57 bits per heavy atom.